The van der Waals surface area contributed by atoms with Crippen molar-refractivity contribution in [2.24, 2.45) is 0 Å². The quantitative estimate of drug-likeness (QED) is 0.791. The van der Waals surface area contributed by atoms with Crippen molar-refractivity contribution in [3.05, 3.63) is 34.2 Å². The zero-order valence-electron chi connectivity index (χ0n) is 9.77. The number of aromatic nitrogens is 1. The Bertz CT molecular complexity index is 433. The summed E-state index contributed by atoms with van der Waals surface area (Å²) in [6, 6.07) is 2.82. The molecule has 1 aromatic rings. The van der Waals surface area contributed by atoms with E-state index in [4.69, 9.17) is 16.3 Å². The van der Waals surface area contributed by atoms with E-state index in [-0.39, 0.29) is 16.8 Å². The van der Waals surface area contributed by atoms with Crippen LogP contribution in [0.2, 0.25) is 0 Å². The van der Waals surface area contributed by atoms with Crippen LogP contribution in [-0.2, 0) is 4.74 Å². The average Bonchev–Trinajstić information content (AvgIpc) is 2.28. The summed E-state index contributed by atoms with van der Waals surface area (Å²) in [5.41, 5.74) is 0.0427. The number of rotatable bonds is 5. The van der Waals surface area contributed by atoms with E-state index < -0.39 is 0 Å². The topological polar surface area (TPSA) is 62.4 Å². The number of aromatic amines is 1. The molecule has 1 heterocycles. The Morgan fingerprint density at radius 3 is 2.94 bits per heavy atom. The van der Waals surface area contributed by atoms with E-state index in [1.54, 1.807) is 20.2 Å². The number of carbonyl (C=O) groups is 1. The predicted molar refractivity (Wildman–Crippen MR) is 65.5 cm³/mol. The first-order chi connectivity index (χ1) is 8.04. The molecule has 6 heteroatoms. The third kappa shape index (κ3) is 4.20. The van der Waals surface area contributed by atoms with Gasteiger partial charge in [-0.1, -0.05) is 0 Å². The molecule has 0 radical (unpaired) electrons. The van der Waals surface area contributed by atoms with E-state index in [1.165, 1.54) is 17.2 Å². The molecule has 0 spiro atoms. The molecule has 1 N–H and O–H groups in total. The van der Waals surface area contributed by atoms with Crippen molar-refractivity contribution in [2.75, 3.05) is 27.3 Å². The molecule has 1 unspecified atom stereocenters. The lowest BCUT2D eigenvalue weighted by Gasteiger charge is -2.19. The fourth-order valence-corrected chi connectivity index (χ4v) is 1.74. The third-order valence-corrected chi connectivity index (χ3v) is 2.45. The normalized spacial score (nSPS) is 12.2. The lowest BCUT2D eigenvalue weighted by Crippen LogP contribution is -2.34. The molecule has 0 aliphatic carbocycles. The first kappa shape index (κ1) is 13.7. The van der Waals surface area contributed by atoms with Gasteiger partial charge in [-0.3, -0.25) is 9.59 Å². The third-order valence-electron chi connectivity index (χ3n) is 2.19. The van der Waals surface area contributed by atoms with E-state index in [0.717, 1.165) is 0 Å². The maximum atomic E-state index is 11.9. The molecule has 0 saturated carbocycles. The maximum absolute atomic E-state index is 11.9. The average molecular weight is 259 g/mol. The van der Waals surface area contributed by atoms with E-state index in [1.807, 2.05) is 0 Å². The monoisotopic (exact) mass is 258 g/mol. The number of amides is 1. The molecule has 0 aromatic carbocycles. The molecule has 94 valence electrons. The number of pyridine rings is 1. The van der Waals surface area contributed by atoms with Gasteiger partial charge in [0.05, 0.1) is 12.0 Å². The number of hydrogen-bond donors (Lipinski definition) is 1. The van der Waals surface area contributed by atoms with Crippen molar-refractivity contribution < 1.29 is 9.53 Å². The zero-order valence-corrected chi connectivity index (χ0v) is 10.5. The highest BCUT2D eigenvalue weighted by atomic mass is 35.5. The largest absolute Gasteiger partial charge is 0.383 e. The molecular formula is C11H15ClN2O3. The molecule has 1 aromatic heterocycles. The van der Waals surface area contributed by atoms with Crippen LogP contribution < -0.4 is 5.56 Å². The lowest BCUT2D eigenvalue weighted by molar-refractivity contribution is 0.0781. The zero-order chi connectivity index (χ0) is 12.8. The number of hydrogen-bond acceptors (Lipinski definition) is 3. The molecule has 0 fully saturated rings. The molecule has 0 saturated heterocycles. The first-order valence-electron chi connectivity index (χ1n) is 5.11. The number of H-pyrrole nitrogens is 1. The maximum Gasteiger partial charge on any atom is 0.253 e. The van der Waals surface area contributed by atoms with Crippen molar-refractivity contribution in [3.63, 3.8) is 0 Å². The van der Waals surface area contributed by atoms with Gasteiger partial charge in [0.1, 0.15) is 0 Å². The highest BCUT2D eigenvalue weighted by molar-refractivity contribution is 6.21. The van der Waals surface area contributed by atoms with Gasteiger partial charge in [0.2, 0.25) is 5.56 Å². The number of carbonyl (C=O) groups excluding carboxylic acids is 1. The van der Waals surface area contributed by atoms with Gasteiger partial charge in [0.25, 0.3) is 5.91 Å². The SMILES string of the molecule is COCC(Cl)CN(C)C(=O)c1cc[nH]c(=O)c1. The van der Waals surface area contributed by atoms with Crippen LogP contribution in [0.4, 0.5) is 0 Å². The number of nitrogens with zero attached hydrogens (tertiary/aromatic N) is 1. The second-order valence-corrected chi connectivity index (χ2v) is 4.30. The second kappa shape index (κ2) is 6.42. The van der Waals surface area contributed by atoms with Gasteiger partial charge in [0.15, 0.2) is 0 Å². The summed E-state index contributed by atoms with van der Waals surface area (Å²) in [7, 11) is 3.18. The summed E-state index contributed by atoms with van der Waals surface area (Å²) in [4.78, 5) is 26.9. The lowest BCUT2D eigenvalue weighted by atomic mass is 10.2. The summed E-state index contributed by atoms with van der Waals surface area (Å²) in [5, 5.41) is -0.268. The summed E-state index contributed by atoms with van der Waals surface area (Å²) >= 11 is 5.95. The van der Waals surface area contributed by atoms with Crippen molar-refractivity contribution in [3.8, 4) is 0 Å². The van der Waals surface area contributed by atoms with Crippen molar-refractivity contribution in [1.29, 1.82) is 0 Å². The number of halogens is 1. The molecule has 0 bridgehead atoms. The highest BCUT2D eigenvalue weighted by Crippen LogP contribution is 2.04. The minimum absolute atomic E-state index is 0.238. The van der Waals surface area contributed by atoms with Crippen LogP contribution in [0, 0.1) is 0 Å². The van der Waals surface area contributed by atoms with Gasteiger partial charge in [-0.15, -0.1) is 11.6 Å². The molecule has 1 atom stereocenters. The van der Waals surface area contributed by atoms with E-state index in [0.29, 0.717) is 18.7 Å². The summed E-state index contributed by atoms with van der Waals surface area (Å²) in [5.74, 6) is -0.238. The minimum atomic E-state index is -0.302. The summed E-state index contributed by atoms with van der Waals surface area (Å²) < 4.78 is 4.88. The molecular weight excluding hydrogens is 244 g/mol. The Balaban J connectivity index is 2.67. The molecule has 0 aliphatic heterocycles. The van der Waals surface area contributed by atoms with Crippen LogP contribution in [-0.4, -0.2) is 48.5 Å². The van der Waals surface area contributed by atoms with Crippen LogP contribution >= 0.6 is 11.6 Å². The number of alkyl halides is 1. The fraction of sp³-hybridized carbons (Fsp3) is 0.455. The summed E-state index contributed by atoms with van der Waals surface area (Å²) in [6.45, 7) is 0.732. The first-order valence-corrected chi connectivity index (χ1v) is 5.55. The van der Waals surface area contributed by atoms with Crippen molar-refractivity contribution in [2.45, 2.75) is 5.38 Å². The van der Waals surface area contributed by atoms with Crippen LogP contribution in [0.5, 0.6) is 0 Å². The van der Waals surface area contributed by atoms with Crippen LogP contribution in [0.15, 0.2) is 23.1 Å². The van der Waals surface area contributed by atoms with Gasteiger partial charge in [0, 0.05) is 38.5 Å². The number of nitrogens with one attached hydrogen (secondary N) is 1. The van der Waals surface area contributed by atoms with Crippen LogP contribution in [0.3, 0.4) is 0 Å². The van der Waals surface area contributed by atoms with Crippen molar-refractivity contribution in [1.82, 2.24) is 9.88 Å². The molecule has 5 nitrogen and oxygen atoms in total. The predicted octanol–water partition coefficient (Wildman–Crippen LogP) is 0.701. The fourth-order valence-electron chi connectivity index (χ4n) is 1.41. The Morgan fingerprint density at radius 2 is 2.35 bits per heavy atom. The van der Waals surface area contributed by atoms with Gasteiger partial charge in [-0.25, -0.2) is 0 Å². The molecule has 1 rings (SSSR count). The Hall–Kier alpha value is -1.33. The second-order valence-electron chi connectivity index (χ2n) is 3.68. The van der Waals surface area contributed by atoms with Crippen molar-refractivity contribution >= 4 is 17.5 Å². The van der Waals surface area contributed by atoms with Gasteiger partial charge >= 0.3 is 0 Å². The minimum Gasteiger partial charge on any atom is -0.383 e. The highest BCUT2D eigenvalue weighted by Gasteiger charge is 2.15. The summed E-state index contributed by atoms with van der Waals surface area (Å²) in [6.07, 6.45) is 1.44. The van der Waals surface area contributed by atoms with Gasteiger partial charge in [-0.2, -0.15) is 0 Å². The Kier molecular flexibility index (Phi) is 5.18. The standard InChI is InChI=1S/C11H15ClN2O3/c1-14(6-9(12)7-17-2)11(16)8-3-4-13-10(15)5-8/h3-5,9H,6-7H2,1-2H3,(H,13,15). The molecule has 1 amide bonds. The van der Waals surface area contributed by atoms with Crippen LogP contribution in [0.25, 0.3) is 0 Å². The van der Waals surface area contributed by atoms with E-state index >= 15 is 0 Å². The van der Waals surface area contributed by atoms with Gasteiger partial charge in [-0.05, 0) is 6.07 Å². The number of methoxy groups -OCH3 is 1. The Labute approximate surface area is 104 Å². The molecule has 0 aliphatic rings. The number of ether oxygens (including phenoxy) is 1. The smallest absolute Gasteiger partial charge is 0.253 e. The Morgan fingerprint density at radius 1 is 1.65 bits per heavy atom. The van der Waals surface area contributed by atoms with Crippen LogP contribution in [0.1, 0.15) is 10.4 Å². The van der Waals surface area contributed by atoms with E-state index in [2.05, 4.69) is 4.98 Å². The van der Waals surface area contributed by atoms with Gasteiger partial charge < -0.3 is 14.6 Å². The van der Waals surface area contributed by atoms with E-state index in [9.17, 15) is 9.59 Å². The molecule has 17 heavy (non-hydrogen) atoms.